The van der Waals surface area contributed by atoms with Gasteiger partial charge < -0.3 is 4.74 Å². The number of rotatable bonds is 3. The summed E-state index contributed by atoms with van der Waals surface area (Å²) in [6, 6.07) is 7.42. The number of aryl methyl sites for hydroxylation is 2. The van der Waals surface area contributed by atoms with Crippen molar-refractivity contribution in [3.8, 4) is 0 Å². The van der Waals surface area contributed by atoms with E-state index in [2.05, 4.69) is 5.10 Å². The average Bonchev–Trinajstić information content (AvgIpc) is 3.02. The number of ether oxygens (including phenoxy) is 1. The molecule has 6 heteroatoms. The molecule has 3 rings (SSSR count). The molecule has 6 nitrogen and oxygen atoms in total. The molecule has 0 saturated carbocycles. The summed E-state index contributed by atoms with van der Waals surface area (Å²) in [5.74, 6) is 0.272. The molecule has 2 aromatic rings. The van der Waals surface area contributed by atoms with Gasteiger partial charge in [-0.15, -0.1) is 0 Å². The van der Waals surface area contributed by atoms with Gasteiger partial charge in [0.25, 0.3) is 0 Å². The molecule has 0 aliphatic carbocycles. The summed E-state index contributed by atoms with van der Waals surface area (Å²) in [4.78, 5) is 24.1. The minimum absolute atomic E-state index is 0.251. The minimum Gasteiger partial charge on any atom is -0.467 e. The number of carbonyl (C=O) groups excluding carboxylic acids is 1. The van der Waals surface area contributed by atoms with Crippen LogP contribution in [0.3, 0.4) is 0 Å². The van der Waals surface area contributed by atoms with Crippen molar-refractivity contribution >= 4 is 5.97 Å². The molecule has 0 saturated heterocycles. The second kappa shape index (κ2) is 5.20. The summed E-state index contributed by atoms with van der Waals surface area (Å²) in [7, 11) is 1.34. The van der Waals surface area contributed by atoms with Crippen LogP contribution < -0.4 is 5.69 Å². The van der Waals surface area contributed by atoms with Crippen molar-refractivity contribution in [3.63, 3.8) is 0 Å². The Labute approximate surface area is 122 Å². The lowest BCUT2D eigenvalue weighted by molar-refractivity contribution is -0.144. The third kappa shape index (κ3) is 2.37. The number of esters is 1. The normalized spacial score (nSPS) is 16.8. The van der Waals surface area contributed by atoms with Crippen molar-refractivity contribution < 1.29 is 9.53 Å². The molecular formula is C15H17N3O3. The zero-order chi connectivity index (χ0) is 15.0. The number of aromatic nitrogens is 3. The Morgan fingerprint density at radius 2 is 2.10 bits per heavy atom. The molecule has 0 amide bonds. The van der Waals surface area contributed by atoms with Crippen LogP contribution in [0, 0.1) is 6.92 Å². The molecule has 1 atom stereocenters. The summed E-state index contributed by atoms with van der Waals surface area (Å²) in [6.07, 6.45) is 1.20. The number of benzene rings is 1. The Bertz CT molecular complexity index is 728. The van der Waals surface area contributed by atoms with Crippen LogP contribution in [0.5, 0.6) is 0 Å². The predicted molar refractivity (Wildman–Crippen MR) is 76.1 cm³/mol. The lowest BCUT2D eigenvalue weighted by Gasteiger charge is -2.08. The molecular weight excluding hydrogens is 270 g/mol. The molecule has 0 spiro atoms. The number of hydrogen-bond acceptors (Lipinski definition) is 4. The first-order valence-corrected chi connectivity index (χ1v) is 6.91. The largest absolute Gasteiger partial charge is 0.467 e. The van der Waals surface area contributed by atoms with E-state index in [-0.39, 0.29) is 11.7 Å². The van der Waals surface area contributed by atoms with Crippen LogP contribution >= 0.6 is 0 Å². The SMILES string of the molecule is COC(=O)C1CCc2nn(Cc3ccc(C)cc3)c(=O)n21. The van der Waals surface area contributed by atoms with Crippen LogP contribution in [0.2, 0.25) is 0 Å². The molecule has 1 unspecified atom stereocenters. The highest BCUT2D eigenvalue weighted by molar-refractivity contribution is 5.74. The summed E-state index contributed by atoms with van der Waals surface area (Å²) < 4.78 is 7.62. The van der Waals surface area contributed by atoms with Gasteiger partial charge in [0.05, 0.1) is 13.7 Å². The topological polar surface area (TPSA) is 66.1 Å². The summed E-state index contributed by atoms with van der Waals surface area (Å²) in [5, 5.41) is 4.33. The Morgan fingerprint density at radius 3 is 2.76 bits per heavy atom. The lowest BCUT2D eigenvalue weighted by Crippen LogP contribution is -2.30. The highest BCUT2D eigenvalue weighted by atomic mass is 16.5. The Hall–Kier alpha value is -2.37. The van der Waals surface area contributed by atoms with Crippen LogP contribution in [0.4, 0.5) is 0 Å². The highest BCUT2D eigenvalue weighted by Crippen LogP contribution is 2.23. The number of methoxy groups -OCH3 is 1. The van der Waals surface area contributed by atoms with E-state index in [1.807, 2.05) is 31.2 Å². The fourth-order valence-corrected chi connectivity index (χ4v) is 2.67. The highest BCUT2D eigenvalue weighted by Gasteiger charge is 2.33. The van der Waals surface area contributed by atoms with E-state index in [1.165, 1.54) is 21.9 Å². The van der Waals surface area contributed by atoms with Gasteiger partial charge in [-0.05, 0) is 18.9 Å². The first-order chi connectivity index (χ1) is 10.1. The monoisotopic (exact) mass is 287 g/mol. The number of hydrogen-bond donors (Lipinski definition) is 0. The van der Waals surface area contributed by atoms with Gasteiger partial charge >= 0.3 is 11.7 Å². The average molecular weight is 287 g/mol. The van der Waals surface area contributed by atoms with Crippen molar-refractivity contribution in [1.82, 2.24) is 14.3 Å². The van der Waals surface area contributed by atoms with E-state index in [0.717, 1.165) is 5.56 Å². The van der Waals surface area contributed by atoms with Crippen LogP contribution in [-0.2, 0) is 22.5 Å². The van der Waals surface area contributed by atoms with E-state index in [4.69, 9.17) is 4.74 Å². The molecule has 2 heterocycles. The zero-order valence-corrected chi connectivity index (χ0v) is 12.1. The molecule has 110 valence electrons. The first-order valence-electron chi connectivity index (χ1n) is 6.91. The number of fused-ring (bicyclic) bond motifs is 1. The third-order valence-electron chi connectivity index (χ3n) is 3.82. The third-order valence-corrected chi connectivity index (χ3v) is 3.82. The quantitative estimate of drug-likeness (QED) is 0.792. The van der Waals surface area contributed by atoms with Crippen molar-refractivity contribution in [2.75, 3.05) is 7.11 Å². The summed E-state index contributed by atoms with van der Waals surface area (Å²) in [6.45, 7) is 2.43. The van der Waals surface area contributed by atoms with Gasteiger partial charge in [-0.2, -0.15) is 5.10 Å². The maximum atomic E-state index is 12.4. The van der Waals surface area contributed by atoms with Crippen molar-refractivity contribution in [3.05, 3.63) is 51.7 Å². The van der Waals surface area contributed by atoms with Crippen LogP contribution in [-0.4, -0.2) is 27.4 Å². The van der Waals surface area contributed by atoms with Gasteiger partial charge in [-0.1, -0.05) is 29.8 Å². The van der Waals surface area contributed by atoms with Crippen LogP contribution in [0.15, 0.2) is 29.1 Å². The minimum atomic E-state index is -0.538. The second-order valence-corrected chi connectivity index (χ2v) is 5.29. The predicted octanol–water partition coefficient (Wildman–Crippen LogP) is 1.06. The van der Waals surface area contributed by atoms with E-state index in [9.17, 15) is 9.59 Å². The molecule has 0 fully saturated rings. The van der Waals surface area contributed by atoms with E-state index >= 15 is 0 Å². The van der Waals surface area contributed by atoms with E-state index in [1.54, 1.807) is 0 Å². The van der Waals surface area contributed by atoms with Crippen LogP contribution in [0.25, 0.3) is 0 Å². The van der Waals surface area contributed by atoms with Gasteiger partial charge in [0, 0.05) is 6.42 Å². The molecule has 21 heavy (non-hydrogen) atoms. The number of carbonyl (C=O) groups is 1. The van der Waals surface area contributed by atoms with Gasteiger partial charge in [0.15, 0.2) is 0 Å². The van der Waals surface area contributed by atoms with Gasteiger partial charge in [-0.3, -0.25) is 4.57 Å². The van der Waals surface area contributed by atoms with E-state index < -0.39 is 6.04 Å². The molecule has 1 aliphatic rings. The van der Waals surface area contributed by atoms with Gasteiger partial charge in [0.1, 0.15) is 11.9 Å². The second-order valence-electron chi connectivity index (χ2n) is 5.29. The summed E-state index contributed by atoms with van der Waals surface area (Å²) in [5.41, 5.74) is 1.93. The fraction of sp³-hybridized carbons (Fsp3) is 0.400. The standard InChI is InChI=1S/C15H17N3O3/c1-10-3-5-11(6-4-10)9-17-15(20)18-12(14(19)21-2)7-8-13(18)16-17/h3-6,12H,7-9H2,1-2H3. The molecule has 0 bridgehead atoms. The Kier molecular flexibility index (Phi) is 3.37. The maximum Gasteiger partial charge on any atom is 0.347 e. The molecule has 1 aliphatic heterocycles. The van der Waals surface area contributed by atoms with Crippen LogP contribution in [0.1, 0.15) is 29.4 Å². The molecule has 1 aromatic heterocycles. The van der Waals surface area contributed by atoms with Crippen molar-refractivity contribution in [2.24, 2.45) is 0 Å². The summed E-state index contributed by atoms with van der Waals surface area (Å²) >= 11 is 0. The van der Waals surface area contributed by atoms with Gasteiger partial charge in [0.2, 0.25) is 0 Å². The molecule has 0 radical (unpaired) electrons. The fourth-order valence-electron chi connectivity index (χ4n) is 2.67. The number of nitrogens with zero attached hydrogens (tertiary/aromatic N) is 3. The van der Waals surface area contributed by atoms with Crippen molar-refractivity contribution in [2.45, 2.75) is 32.4 Å². The Morgan fingerprint density at radius 1 is 1.38 bits per heavy atom. The molecule has 1 aromatic carbocycles. The molecule has 0 N–H and O–H groups in total. The van der Waals surface area contributed by atoms with E-state index in [0.29, 0.717) is 25.2 Å². The zero-order valence-electron chi connectivity index (χ0n) is 12.1. The van der Waals surface area contributed by atoms with Gasteiger partial charge in [-0.25, -0.2) is 14.3 Å². The maximum absolute atomic E-state index is 12.4. The Balaban J connectivity index is 1.91. The smallest absolute Gasteiger partial charge is 0.347 e. The first kappa shape index (κ1) is 13.6. The van der Waals surface area contributed by atoms with Crippen molar-refractivity contribution in [1.29, 1.82) is 0 Å². The lowest BCUT2D eigenvalue weighted by atomic mass is 10.1.